The molecule has 0 aliphatic heterocycles. The summed E-state index contributed by atoms with van der Waals surface area (Å²) in [5.74, 6) is -1.49. The fraction of sp³-hybridized carbons (Fsp3) is 0.385. The van der Waals surface area contributed by atoms with E-state index in [1.54, 1.807) is 33.8 Å². The SMILES string of the molecule is Cc1cc(Br)cc(C(=O)O)c1OC(=O)C(C)(C)C. The standard InChI is InChI=1S/C13H15BrO4/c1-7-5-8(14)6-9(11(15)16)10(7)18-12(17)13(2,3)4/h5-6H,1-4H3,(H,15,16). The van der Waals surface area contributed by atoms with Gasteiger partial charge in [-0.1, -0.05) is 15.9 Å². The highest BCUT2D eigenvalue weighted by molar-refractivity contribution is 9.10. The Morgan fingerprint density at radius 1 is 1.28 bits per heavy atom. The number of carbonyl (C=O) groups excluding carboxylic acids is 1. The Bertz CT molecular complexity index is 500. The molecule has 0 aliphatic carbocycles. The number of carboxylic acid groups (broad SMARTS) is 1. The van der Waals surface area contributed by atoms with E-state index >= 15 is 0 Å². The van der Waals surface area contributed by atoms with Crippen molar-refractivity contribution in [2.24, 2.45) is 5.41 Å². The highest BCUT2D eigenvalue weighted by Crippen LogP contribution is 2.30. The first-order valence-corrected chi connectivity index (χ1v) is 6.18. The number of aryl methyl sites for hydroxylation is 1. The molecule has 1 N–H and O–H groups in total. The maximum atomic E-state index is 11.8. The molecule has 0 bridgehead atoms. The van der Waals surface area contributed by atoms with Crippen LogP contribution in [0, 0.1) is 12.3 Å². The molecule has 98 valence electrons. The molecule has 1 aromatic rings. The summed E-state index contributed by atoms with van der Waals surface area (Å²) in [6.07, 6.45) is 0. The van der Waals surface area contributed by atoms with Gasteiger partial charge < -0.3 is 9.84 Å². The minimum absolute atomic E-state index is 0.0283. The van der Waals surface area contributed by atoms with Gasteiger partial charge in [0, 0.05) is 4.47 Å². The minimum Gasteiger partial charge on any atom is -0.478 e. The van der Waals surface area contributed by atoms with Gasteiger partial charge in [-0.25, -0.2) is 4.79 Å². The zero-order chi connectivity index (χ0) is 14.1. The van der Waals surface area contributed by atoms with Gasteiger partial charge in [-0.2, -0.15) is 0 Å². The molecule has 0 saturated heterocycles. The lowest BCUT2D eigenvalue weighted by Gasteiger charge is -2.18. The van der Waals surface area contributed by atoms with Gasteiger partial charge >= 0.3 is 11.9 Å². The molecule has 0 fully saturated rings. The summed E-state index contributed by atoms with van der Waals surface area (Å²) in [5.41, 5.74) is -0.117. The fourth-order valence-corrected chi connectivity index (χ4v) is 1.84. The summed E-state index contributed by atoms with van der Waals surface area (Å²) in [6, 6.07) is 3.12. The predicted octanol–water partition coefficient (Wildman–Crippen LogP) is 3.41. The Kier molecular flexibility index (Phi) is 4.16. The largest absolute Gasteiger partial charge is 0.478 e. The second kappa shape index (κ2) is 5.10. The van der Waals surface area contributed by atoms with Crippen LogP contribution in [-0.4, -0.2) is 17.0 Å². The maximum absolute atomic E-state index is 11.8. The van der Waals surface area contributed by atoms with Gasteiger partial charge in [0.15, 0.2) is 0 Å². The third-order valence-electron chi connectivity index (χ3n) is 2.28. The highest BCUT2D eigenvalue weighted by atomic mass is 79.9. The average Bonchev–Trinajstić information content (AvgIpc) is 2.19. The molecule has 0 saturated carbocycles. The number of carbonyl (C=O) groups is 2. The Morgan fingerprint density at radius 3 is 2.28 bits per heavy atom. The summed E-state index contributed by atoms with van der Waals surface area (Å²) in [5, 5.41) is 9.12. The van der Waals surface area contributed by atoms with Crippen molar-refractivity contribution < 1.29 is 19.4 Å². The van der Waals surface area contributed by atoms with E-state index in [2.05, 4.69) is 15.9 Å². The zero-order valence-corrected chi connectivity index (χ0v) is 12.3. The third-order valence-corrected chi connectivity index (χ3v) is 2.73. The van der Waals surface area contributed by atoms with Crippen molar-refractivity contribution in [1.29, 1.82) is 0 Å². The van der Waals surface area contributed by atoms with Gasteiger partial charge in [0.25, 0.3) is 0 Å². The molecule has 0 heterocycles. The maximum Gasteiger partial charge on any atom is 0.339 e. The second-order valence-electron chi connectivity index (χ2n) is 5.04. The quantitative estimate of drug-likeness (QED) is 0.671. The topological polar surface area (TPSA) is 63.6 Å². The number of hydrogen-bond donors (Lipinski definition) is 1. The van der Waals surface area contributed by atoms with Crippen LogP contribution in [0.1, 0.15) is 36.7 Å². The van der Waals surface area contributed by atoms with Gasteiger partial charge in [-0.3, -0.25) is 4.79 Å². The lowest BCUT2D eigenvalue weighted by atomic mass is 9.97. The van der Waals surface area contributed by atoms with Gasteiger partial charge in [-0.15, -0.1) is 0 Å². The highest BCUT2D eigenvalue weighted by Gasteiger charge is 2.26. The molecule has 5 heteroatoms. The van der Waals surface area contributed by atoms with Crippen LogP contribution in [-0.2, 0) is 4.79 Å². The van der Waals surface area contributed by atoms with Crippen LogP contribution in [0.3, 0.4) is 0 Å². The number of aromatic carboxylic acids is 1. The van der Waals surface area contributed by atoms with Crippen molar-refractivity contribution in [2.45, 2.75) is 27.7 Å². The van der Waals surface area contributed by atoms with Gasteiger partial charge in [0.2, 0.25) is 0 Å². The van der Waals surface area contributed by atoms with Crippen LogP contribution in [0.4, 0.5) is 0 Å². The van der Waals surface area contributed by atoms with Crippen molar-refractivity contribution in [3.63, 3.8) is 0 Å². The molecule has 1 rings (SSSR count). The molecular weight excluding hydrogens is 300 g/mol. The van der Waals surface area contributed by atoms with Gasteiger partial charge in [0.1, 0.15) is 11.3 Å². The number of carboxylic acids is 1. The van der Waals surface area contributed by atoms with Crippen molar-refractivity contribution in [3.8, 4) is 5.75 Å². The van der Waals surface area contributed by atoms with Crippen molar-refractivity contribution in [1.82, 2.24) is 0 Å². The van der Waals surface area contributed by atoms with E-state index in [0.717, 1.165) is 0 Å². The number of hydrogen-bond acceptors (Lipinski definition) is 3. The van der Waals surface area contributed by atoms with Crippen LogP contribution in [0.25, 0.3) is 0 Å². The van der Waals surface area contributed by atoms with E-state index < -0.39 is 17.4 Å². The second-order valence-corrected chi connectivity index (χ2v) is 5.96. The Hall–Kier alpha value is -1.36. The summed E-state index contributed by atoms with van der Waals surface area (Å²) >= 11 is 3.22. The molecule has 0 amide bonds. The van der Waals surface area contributed by atoms with Crippen LogP contribution >= 0.6 is 15.9 Å². The number of esters is 1. The Balaban J connectivity index is 3.24. The monoisotopic (exact) mass is 314 g/mol. The summed E-state index contributed by atoms with van der Waals surface area (Å²) in [4.78, 5) is 23.0. The third kappa shape index (κ3) is 3.32. The van der Waals surface area contributed by atoms with Crippen molar-refractivity contribution >= 4 is 27.9 Å². The van der Waals surface area contributed by atoms with Gasteiger partial charge in [-0.05, 0) is 45.4 Å². The lowest BCUT2D eigenvalue weighted by molar-refractivity contribution is -0.143. The van der Waals surface area contributed by atoms with E-state index in [9.17, 15) is 9.59 Å². The molecule has 0 unspecified atom stereocenters. The van der Waals surface area contributed by atoms with Crippen molar-refractivity contribution in [3.05, 3.63) is 27.7 Å². The smallest absolute Gasteiger partial charge is 0.339 e. The van der Waals surface area contributed by atoms with Crippen LogP contribution in [0.15, 0.2) is 16.6 Å². The average molecular weight is 315 g/mol. The lowest BCUT2D eigenvalue weighted by Crippen LogP contribution is -2.26. The van der Waals surface area contributed by atoms with Crippen LogP contribution in [0.5, 0.6) is 5.75 Å². The molecule has 1 aromatic carbocycles. The first-order valence-electron chi connectivity index (χ1n) is 5.38. The number of rotatable bonds is 2. The molecule has 0 radical (unpaired) electrons. The fourth-order valence-electron chi connectivity index (χ4n) is 1.27. The first kappa shape index (κ1) is 14.7. The minimum atomic E-state index is -1.13. The molecule has 0 spiro atoms. The molecular formula is C13H15BrO4. The zero-order valence-electron chi connectivity index (χ0n) is 10.7. The summed E-state index contributed by atoms with van der Waals surface area (Å²) in [6.45, 7) is 6.83. The van der Waals surface area contributed by atoms with Crippen LogP contribution < -0.4 is 4.74 Å². The van der Waals surface area contributed by atoms with E-state index in [0.29, 0.717) is 10.0 Å². The summed E-state index contributed by atoms with van der Waals surface area (Å²) < 4.78 is 5.85. The van der Waals surface area contributed by atoms with E-state index in [-0.39, 0.29) is 11.3 Å². The summed E-state index contributed by atoms with van der Waals surface area (Å²) in [7, 11) is 0. The molecule has 0 aromatic heterocycles. The molecule has 18 heavy (non-hydrogen) atoms. The molecule has 4 nitrogen and oxygen atoms in total. The first-order chi connectivity index (χ1) is 8.12. The number of ether oxygens (including phenoxy) is 1. The number of halogens is 1. The molecule has 0 atom stereocenters. The normalized spacial score (nSPS) is 11.2. The Labute approximate surface area is 114 Å². The van der Waals surface area contributed by atoms with Gasteiger partial charge in [0.05, 0.1) is 5.41 Å². The molecule has 0 aliphatic rings. The predicted molar refractivity (Wildman–Crippen MR) is 70.9 cm³/mol. The van der Waals surface area contributed by atoms with E-state index in [1.807, 2.05) is 0 Å². The van der Waals surface area contributed by atoms with E-state index in [1.165, 1.54) is 6.07 Å². The van der Waals surface area contributed by atoms with Crippen LogP contribution in [0.2, 0.25) is 0 Å². The van der Waals surface area contributed by atoms with Crippen molar-refractivity contribution in [2.75, 3.05) is 0 Å². The Morgan fingerprint density at radius 2 is 1.83 bits per heavy atom. The number of benzene rings is 1. The van der Waals surface area contributed by atoms with E-state index in [4.69, 9.17) is 9.84 Å².